The number of fused-ring (bicyclic) bond motifs is 1. The molecule has 0 saturated heterocycles. The highest BCUT2D eigenvalue weighted by Crippen LogP contribution is 2.28. The molecule has 0 aliphatic rings. The average molecular weight is 440 g/mol. The Bertz CT molecular complexity index is 1230. The van der Waals surface area contributed by atoms with Gasteiger partial charge in [0, 0.05) is 6.42 Å². The number of esters is 1. The van der Waals surface area contributed by atoms with Crippen molar-refractivity contribution in [3.05, 3.63) is 108 Å². The van der Waals surface area contributed by atoms with Gasteiger partial charge in [-0.25, -0.2) is 9.59 Å². The molecule has 0 saturated carbocycles. The van der Waals surface area contributed by atoms with Crippen molar-refractivity contribution >= 4 is 22.8 Å². The second-order valence-corrected chi connectivity index (χ2v) is 7.71. The molecule has 0 heterocycles. The van der Waals surface area contributed by atoms with E-state index in [0.29, 0.717) is 6.42 Å². The summed E-state index contributed by atoms with van der Waals surface area (Å²) < 4.78 is 10.1. The van der Waals surface area contributed by atoms with E-state index in [2.05, 4.69) is 29.6 Å². The summed E-state index contributed by atoms with van der Waals surface area (Å²) in [6, 6.07) is 31.0. The number of carbonyl (C=O) groups excluding carboxylic acids is 2. The van der Waals surface area contributed by atoms with Crippen LogP contribution in [0.5, 0.6) is 0 Å². The molecule has 0 spiro atoms. The summed E-state index contributed by atoms with van der Waals surface area (Å²) in [4.78, 5) is 24.5. The fourth-order valence-electron chi connectivity index (χ4n) is 3.78. The molecule has 0 radical (unpaired) electrons. The van der Waals surface area contributed by atoms with Gasteiger partial charge in [-0.2, -0.15) is 0 Å². The van der Waals surface area contributed by atoms with E-state index in [4.69, 9.17) is 9.47 Å². The Labute approximate surface area is 193 Å². The summed E-state index contributed by atoms with van der Waals surface area (Å²) in [5.41, 5.74) is 4.00. The first-order valence-corrected chi connectivity index (χ1v) is 10.8. The van der Waals surface area contributed by atoms with E-state index in [0.717, 1.165) is 22.3 Å². The first-order valence-electron chi connectivity index (χ1n) is 10.8. The summed E-state index contributed by atoms with van der Waals surface area (Å²) in [6.45, 7) is 0.125. The number of benzene rings is 4. The van der Waals surface area contributed by atoms with Crippen LogP contribution in [0.15, 0.2) is 97.1 Å². The van der Waals surface area contributed by atoms with Gasteiger partial charge in [0.2, 0.25) is 0 Å². The van der Waals surface area contributed by atoms with Gasteiger partial charge in [0.1, 0.15) is 12.6 Å². The molecule has 5 nitrogen and oxygen atoms in total. The number of hydrogen-bond acceptors (Lipinski definition) is 4. The Morgan fingerprint density at radius 2 is 1.48 bits per heavy atom. The van der Waals surface area contributed by atoms with E-state index in [1.807, 2.05) is 72.8 Å². The van der Waals surface area contributed by atoms with E-state index < -0.39 is 18.1 Å². The number of nitrogens with one attached hydrogen (secondary N) is 1. The van der Waals surface area contributed by atoms with Crippen LogP contribution in [0.25, 0.3) is 21.9 Å². The molecule has 5 heteroatoms. The summed E-state index contributed by atoms with van der Waals surface area (Å²) in [6.07, 6.45) is -0.371. The van der Waals surface area contributed by atoms with Crippen LogP contribution in [-0.2, 0) is 27.3 Å². The van der Waals surface area contributed by atoms with Crippen LogP contribution in [0.3, 0.4) is 0 Å². The van der Waals surface area contributed by atoms with Crippen LogP contribution in [0.2, 0.25) is 0 Å². The number of rotatable bonds is 7. The monoisotopic (exact) mass is 439 g/mol. The third kappa shape index (κ3) is 5.57. The van der Waals surface area contributed by atoms with E-state index in [-0.39, 0.29) is 6.61 Å². The maximum absolute atomic E-state index is 12.3. The van der Waals surface area contributed by atoms with Gasteiger partial charge >= 0.3 is 12.1 Å². The molecule has 0 bridgehead atoms. The lowest BCUT2D eigenvalue weighted by atomic mass is 9.96. The molecule has 0 fully saturated rings. The van der Waals surface area contributed by atoms with Crippen molar-refractivity contribution in [2.24, 2.45) is 0 Å². The van der Waals surface area contributed by atoms with Gasteiger partial charge in [-0.1, -0.05) is 97.1 Å². The Kier molecular flexibility index (Phi) is 7.00. The number of alkyl carbamates (subject to hydrolysis) is 1. The van der Waals surface area contributed by atoms with Crippen molar-refractivity contribution in [3.8, 4) is 11.1 Å². The first-order chi connectivity index (χ1) is 16.1. The lowest BCUT2D eigenvalue weighted by Crippen LogP contribution is -2.43. The van der Waals surface area contributed by atoms with Crippen LogP contribution < -0.4 is 5.32 Å². The van der Waals surface area contributed by atoms with Crippen LogP contribution in [0, 0.1) is 0 Å². The fourth-order valence-corrected chi connectivity index (χ4v) is 3.78. The second-order valence-electron chi connectivity index (χ2n) is 7.71. The molecular weight excluding hydrogens is 414 g/mol. The van der Waals surface area contributed by atoms with Gasteiger partial charge in [0.25, 0.3) is 0 Å². The zero-order chi connectivity index (χ0) is 23.0. The van der Waals surface area contributed by atoms with E-state index in [1.165, 1.54) is 17.9 Å². The largest absolute Gasteiger partial charge is 0.467 e. The lowest BCUT2D eigenvalue weighted by Gasteiger charge is -2.17. The van der Waals surface area contributed by atoms with Crippen LogP contribution in [0.1, 0.15) is 11.1 Å². The predicted octanol–water partition coefficient (Wildman–Crippen LogP) is 5.52. The van der Waals surface area contributed by atoms with Crippen molar-refractivity contribution in [2.75, 3.05) is 7.11 Å². The third-order valence-electron chi connectivity index (χ3n) is 5.48. The molecule has 4 rings (SSSR count). The molecule has 1 N–H and O–H groups in total. The Balaban J connectivity index is 1.44. The molecule has 0 aliphatic heterocycles. The number of methoxy groups -OCH3 is 1. The highest BCUT2D eigenvalue weighted by molar-refractivity contribution is 5.96. The quantitative estimate of drug-likeness (QED) is 0.385. The van der Waals surface area contributed by atoms with Gasteiger partial charge in [-0.3, -0.25) is 0 Å². The Hall–Kier alpha value is -4.12. The smallest absolute Gasteiger partial charge is 0.408 e. The molecule has 33 heavy (non-hydrogen) atoms. The minimum Gasteiger partial charge on any atom is -0.467 e. The standard InChI is InChI=1S/C28H25NO4/c1-32-27(30)26(29-28(31)33-19-21-8-3-2-4-9-21)18-20-14-16-23(17-15-20)25-13-7-11-22-10-5-6-12-24(22)25/h2-17,26H,18-19H2,1H3,(H,29,31)/t26-/m1/s1. The summed E-state index contributed by atoms with van der Waals surface area (Å²) in [7, 11) is 1.30. The first kappa shape index (κ1) is 22.1. The van der Waals surface area contributed by atoms with E-state index in [9.17, 15) is 9.59 Å². The van der Waals surface area contributed by atoms with Crippen molar-refractivity contribution in [2.45, 2.75) is 19.1 Å². The topological polar surface area (TPSA) is 64.6 Å². The summed E-state index contributed by atoms with van der Waals surface area (Å²) in [5.74, 6) is -0.523. The predicted molar refractivity (Wildman–Crippen MR) is 129 cm³/mol. The molecule has 0 unspecified atom stereocenters. The molecule has 4 aromatic rings. The average Bonchev–Trinajstić information content (AvgIpc) is 2.87. The number of amides is 1. The zero-order valence-electron chi connectivity index (χ0n) is 18.4. The molecule has 4 aromatic carbocycles. The maximum Gasteiger partial charge on any atom is 0.408 e. The van der Waals surface area contributed by atoms with Gasteiger partial charge in [0.15, 0.2) is 0 Å². The lowest BCUT2D eigenvalue weighted by molar-refractivity contribution is -0.143. The van der Waals surface area contributed by atoms with Crippen molar-refractivity contribution in [1.29, 1.82) is 0 Å². The third-order valence-corrected chi connectivity index (χ3v) is 5.48. The molecular formula is C28H25NO4. The molecule has 166 valence electrons. The number of hydrogen-bond donors (Lipinski definition) is 1. The van der Waals surface area contributed by atoms with E-state index >= 15 is 0 Å². The molecule has 1 atom stereocenters. The fraction of sp³-hybridized carbons (Fsp3) is 0.143. The SMILES string of the molecule is COC(=O)[C@@H](Cc1ccc(-c2cccc3ccccc23)cc1)NC(=O)OCc1ccccc1. The van der Waals surface area contributed by atoms with Gasteiger partial charge < -0.3 is 14.8 Å². The molecule has 1 amide bonds. The number of ether oxygens (including phenoxy) is 2. The maximum atomic E-state index is 12.3. The van der Waals surface area contributed by atoms with E-state index in [1.54, 1.807) is 0 Å². The molecule has 0 aliphatic carbocycles. The minimum absolute atomic E-state index is 0.125. The highest BCUT2D eigenvalue weighted by Gasteiger charge is 2.23. The second kappa shape index (κ2) is 10.5. The van der Waals surface area contributed by atoms with Crippen molar-refractivity contribution < 1.29 is 19.1 Å². The zero-order valence-corrected chi connectivity index (χ0v) is 18.4. The summed E-state index contributed by atoms with van der Waals surface area (Å²) in [5, 5.41) is 4.99. The van der Waals surface area contributed by atoms with Crippen LogP contribution in [-0.4, -0.2) is 25.2 Å². The van der Waals surface area contributed by atoms with Gasteiger partial charge in [-0.15, -0.1) is 0 Å². The van der Waals surface area contributed by atoms with Gasteiger partial charge in [-0.05, 0) is 33.0 Å². The summed E-state index contributed by atoms with van der Waals surface area (Å²) >= 11 is 0. The van der Waals surface area contributed by atoms with Crippen molar-refractivity contribution in [3.63, 3.8) is 0 Å². The number of carbonyl (C=O) groups is 2. The van der Waals surface area contributed by atoms with Crippen LogP contribution in [0.4, 0.5) is 4.79 Å². The minimum atomic E-state index is -0.846. The molecule has 0 aromatic heterocycles. The highest BCUT2D eigenvalue weighted by atomic mass is 16.6. The Morgan fingerprint density at radius 3 is 2.24 bits per heavy atom. The van der Waals surface area contributed by atoms with Gasteiger partial charge in [0.05, 0.1) is 7.11 Å². The van der Waals surface area contributed by atoms with Crippen LogP contribution >= 0.6 is 0 Å². The normalized spacial score (nSPS) is 11.5. The van der Waals surface area contributed by atoms with Crippen molar-refractivity contribution in [1.82, 2.24) is 5.32 Å². The Morgan fingerprint density at radius 1 is 0.788 bits per heavy atom.